The number of hydrogen-bond donors (Lipinski definition) is 0. The van der Waals surface area contributed by atoms with Crippen LogP contribution in [0.1, 0.15) is 19.8 Å². The second kappa shape index (κ2) is 9.10. The highest BCUT2D eigenvalue weighted by molar-refractivity contribution is 6.28. The van der Waals surface area contributed by atoms with Crippen LogP contribution in [0, 0.1) is 5.82 Å². The van der Waals surface area contributed by atoms with Crippen molar-refractivity contribution in [2.24, 2.45) is 0 Å². The maximum Gasteiger partial charge on any atom is 0.326 e. The van der Waals surface area contributed by atoms with E-state index >= 15 is 0 Å². The lowest BCUT2D eigenvalue weighted by molar-refractivity contribution is 0.0789. The van der Waals surface area contributed by atoms with E-state index in [1.807, 2.05) is 25.2 Å². The van der Waals surface area contributed by atoms with Crippen molar-refractivity contribution in [1.29, 1.82) is 0 Å². The summed E-state index contributed by atoms with van der Waals surface area (Å²) in [5.74, 6) is 0.599. The van der Waals surface area contributed by atoms with Crippen LogP contribution < -0.4 is 4.74 Å². The molecule has 0 aliphatic heterocycles. The van der Waals surface area contributed by atoms with Crippen LogP contribution in [0.2, 0.25) is 5.28 Å². The predicted molar refractivity (Wildman–Crippen MR) is 108 cm³/mol. The minimum atomic E-state index is -0.351. The summed E-state index contributed by atoms with van der Waals surface area (Å²) in [6.45, 7) is 2.49. The van der Waals surface area contributed by atoms with Crippen LogP contribution in [0.4, 0.5) is 4.39 Å². The Labute approximate surface area is 177 Å². The monoisotopic (exact) mass is 428 g/mol. The van der Waals surface area contributed by atoms with Crippen molar-refractivity contribution in [2.45, 2.75) is 26.5 Å². The summed E-state index contributed by atoms with van der Waals surface area (Å²) in [4.78, 5) is 12.7. The molecule has 10 heteroatoms. The Hall–Kier alpha value is -3.17. The first-order valence-electron chi connectivity index (χ1n) is 9.36. The second-order valence-electron chi connectivity index (χ2n) is 6.33. The average molecular weight is 429 g/mol. The van der Waals surface area contributed by atoms with Gasteiger partial charge in [0.05, 0.1) is 0 Å². The molecule has 0 saturated heterocycles. The van der Waals surface area contributed by atoms with E-state index in [2.05, 4.69) is 25.3 Å². The molecule has 0 spiro atoms. The van der Waals surface area contributed by atoms with Crippen molar-refractivity contribution in [3.05, 3.63) is 59.4 Å². The van der Waals surface area contributed by atoms with Crippen LogP contribution in [0.15, 0.2) is 48.3 Å². The van der Waals surface area contributed by atoms with Gasteiger partial charge in [0, 0.05) is 18.6 Å². The largest absolute Gasteiger partial charge is 0.429 e. The molecule has 0 bridgehead atoms. The third kappa shape index (κ3) is 4.52. The normalized spacial score (nSPS) is 13.4. The molecular weight excluding hydrogens is 411 g/mol. The molecule has 1 aliphatic rings. The number of ether oxygens (including phenoxy) is 2. The Balaban J connectivity index is 1.77. The lowest BCUT2D eigenvalue weighted by Gasteiger charge is -2.11. The van der Waals surface area contributed by atoms with Gasteiger partial charge >= 0.3 is 6.01 Å². The average Bonchev–Trinajstić information content (AvgIpc) is 3.17. The molecule has 0 unspecified atom stereocenters. The number of halogens is 2. The SMILES string of the molecule is CCOCn1nnc(-c2ccc(F)cc2)c1-c1nc(Cl)nc(OC2=CC=CCC2)n1. The van der Waals surface area contributed by atoms with Gasteiger partial charge in [0.1, 0.15) is 29.7 Å². The summed E-state index contributed by atoms with van der Waals surface area (Å²) >= 11 is 6.15. The molecule has 1 aromatic carbocycles. The Bertz CT molecular complexity index is 1100. The Morgan fingerprint density at radius 3 is 2.73 bits per heavy atom. The first-order valence-corrected chi connectivity index (χ1v) is 9.74. The van der Waals surface area contributed by atoms with Gasteiger partial charge in [-0.2, -0.15) is 15.0 Å². The quantitative estimate of drug-likeness (QED) is 0.557. The highest BCUT2D eigenvalue weighted by Crippen LogP contribution is 2.30. The Morgan fingerprint density at radius 2 is 2.00 bits per heavy atom. The van der Waals surface area contributed by atoms with Gasteiger partial charge in [0.25, 0.3) is 0 Å². The van der Waals surface area contributed by atoms with Crippen LogP contribution in [-0.4, -0.2) is 36.6 Å². The lowest BCUT2D eigenvalue weighted by atomic mass is 10.1. The molecule has 2 heterocycles. The van der Waals surface area contributed by atoms with Crippen molar-refractivity contribution < 1.29 is 13.9 Å². The summed E-state index contributed by atoms with van der Waals surface area (Å²) in [5.41, 5.74) is 1.57. The highest BCUT2D eigenvalue weighted by atomic mass is 35.5. The number of aromatic nitrogens is 6. The zero-order valence-corrected chi connectivity index (χ0v) is 16.9. The number of benzene rings is 1. The maximum atomic E-state index is 13.4. The zero-order valence-electron chi connectivity index (χ0n) is 16.1. The van der Waals surface area contributed by atoms with E-state index in [9.17, 15) is 4.39 Å². The van der Waals surface area contributed by atoms with Crippen molar-refractivity contribution >= 4 is 11.6 Å². The van der Waals surface area contributed by atoms with Gasteiger partial charge in [-0.25, -0.2) is 9.07 Å². The van der Waals surface area contributed by atoms with Gasteiger partial charge < -0.3 is 9.47 Å². The number of allylic oxidation sites excluding steroid dienone is 4. The molecule has 3 aromatic rings. The van der Waals surface area contributed by atoms with Gasteiger partial charge in [-0.1, -0.05) is 17.4 Å². The molecular formula is C20H18ClFN6O2. The van der Waals surface area contributed by atoms with Crippen LogP contribution in [0.25, 0.3) is 22.8 Å². The van der Waals surface area contributed by atoms with Gasteiger partial charge in [-0.3, -0.25) is 0 Å². The number of hydrogen-bond acceptors (Lipinski definition) is 7. The molecule has 2 aromatic heterocycles. The molecule has 4 rings (SSSR count). The van der Waals surface area contributed by atoms with E-state index in [1.54, 1.807) is 12.1 Å². The standard InChI is InChI=1S/C20H18ClFN6O2/c1-2-29-12-28-17(16(26-27-28)13-8-10-14(22)11-9-13)18-23-19(21)25-20(24-18)30-15-6-4-3-5-7-15/h3-4,6,8-11H,2,5,7,12H2,1H3. The van der Waals surface area contributed by atoms with E-state index < -0.39 is 0 Å². The third-order valence-corrected chi connectivity index (χ3v) is 4.44. The van der Waals surface area contributed by atoms with Crippen molar-refractivity contribution in [3.8, 4) is 28.8 Å². The summed E-state index contributed by atoms with van der Waals surface area (Å²) < 4.78 is 26.2. The molecule has 0 atom stereocenters. The smallest absolute Gasteiger partial charge is 0.326 e. The molecule has 0 amide bonds. The van der Waals surface area contributed by atoms with Crippen LogP contribution in [0.5, 0.6) is 6.01 Å². The zero-order chi connectivity index (χ0) is 20.9. The van der Waals surface area contributed by atoms with E-state index in [1.165, 1.54) is 16.8 Å². The summed E-state index contributed by atoms with van der Waals surface area (Å²) in [6, 6.07) is 5.97. The fraction of sp³-hybridized carbons (Fsp3) is 0.250. The summed E-state index contributed by atoms with van der Waals surface area (Å²) in [7, 11) is 0. The fourth-order valence-electron chi connectivity index (χ4n) is 2.87. The maximum absolute atomic E-state index is 13.4. The molecule has 0 fully saturated rings. The Kier molecular flexibility index (Phi) is 6.10. The fourth-order valence-corrected chi connectivity index (χ4v) is 3.02. The molecule has 30 heavy (non-hydrogen) atoms. The first-order chi connectivity index (χ1) is 14.6. The lowest BCUT2D eigenvalue weighted by Crippen LogP contribution is -2.09. The van der Waals surface area contributed by atoms with E-state index in [-0.39, 0.29) is 29.7 Å². The third-order valence-electron chi connectivity index (χ3n) is 4.27. The van der Waals surface area contributed by atoms with Crippen molar-refractivity contribution in [1.82, 2.24) is 29.9 Å². The first kappa shape index (κ1) is 20.1. The summed E-state index contributed by atoms with van der Waals surface area (Å²) in [6.07, 6.45) is 7.42. The summed E-state index contributed by atoms with van der Waals surface area (Å²) in [5, 5.41) is 8.34. The molecule has 1 aliphatic carbocycles. The highest BCUT2D eigenvalue weighted by Gasteiger charge is 2.22. The van der Waals surface area contributed by atoms with E-state index in [0.29, 0.717) is 23.6 Å². The molecule has 0 N–H and O–H groups in total. The van der Waals surface area contributed by atoms with Crippen LogP contribution >= 0.6 is 11.6 Å². The van der Waals surface area contributed by atoms with Crippen LogP contribution in [0.3, 0.4) is 0 Å². The molecule has 0 radical (unpaired) electrons. The van der Waals surface area contributed by atoms with Crippen LogP contribution in [-0.2, 0) is 11.5 Å². The molecule has 0 saturated carbocycles. The topological polar surface area (TPSA) is 87.8 Å². The number of nitrogens with zero attached hydrogens (tertiary/aromatic N) is 6. The number of rotatable bonds is 7. The van der Waals surface area contributed by atoms with Gasteiger partial charge in [0.15, 0.2) is 5.82 Å². The minimum Gasteiger partial charge on any atom is -0.429 e. The van der Waals surface area contributed by atoms with Crippen molar-refractivity contribution in [2.75, 3.05) is 6.61 Å². The minimum absolute atomic E-state index is 0.0313. The van der Waals surface area contributed by atoms with Gasteiger partial charge in [0.2, 0.25) is 5.28 Å². The van der Waals surface area contributed by atoms with E-state index in [0.717, 1.165) is 18.6 Å². The Morgan fingerprint density at radius 1 is 1.17 bits per heavy atom. The van der Waals surface area contributed by atoms with Gasteiger partial charge in [-0.05, 0) is 55.3 Å². The van der Waals surface area contributed by atoms with Crippen molar-refractivity contribution in [3.63, 3.8) is 0 Å². The van der Waals surface area contributed by atoms with Gasteiger partial charge in [-0.15, -0.1) is 5.10 Å². The molecule has 8 nitrogen and oxygen atoms in total. The predicted octanol–water partition coefficient (Wildman–Crippen LogP) is 4.20. The second-order valence-corrected chi connectivity index (χ2v) is 6.67. The van der Waals surface area contributed by atoms with E-state index in [4.69, 9.17) is 21.1 Å². The molecule has 154 valence electrons.